The van der Waals surface area contributed by atoms with Crippen molar-refractivity contribution in [1.29, 1.82) is 0 Å². The number of benzene rings is 1. The van der Waals surface area contributed by atoms with Gasteiger partial charge in [-0.15, -0.1) is 0 Å². The molecule has 2 unspecified atom stereocenters. The molecule has 0 aliphatic carbocycles. The van der Waals surface area contributed by atoms with Crippen LogP contribution in [0.1, 0.15) is 11.7 Å². The number of hydrogen-bond acceptors (Lipinski definition) is 2. The highest BCUT2D eigenvalue weighted by molar-refractivity contribution is 9.10. The second-order valence-corrected chi connectivity index (χ2v) is 4.34. The molecule has 0 saturated heterocycles. The van der Waals surface area contributed by atoms with E-state index in [1.807, 2.05) is 0 Å². The zero-order valence-electron chi connectivity index (χ0n) is 7.12. The fraction of sp³-hybridized carbons (Fsp3) is 0.333. The summed E-state index contributed by atoms with van der Waals surface area (Å²) in [6, 6.07) is 4.13. The highest BCUT2D eigenvalue weighted by Crippen LogP contribution is 2.23. The van der Waals surface area contributed by atoms with Gasteiger partial charge in [0.1, 0.15) is 11.9 Å². The van der Waals surface area contributed by atoms with E-state index < -0.39 is 18.0 Å². The van der Waals surface area contributed by atoms with Crippen LogP contribution in [0, 0.1) is 5.82 Å². The van der Waals surface area contributed by atoms with E-state index in [-0.39, 0.29) is 9.80 Å². The van der Waals surface area contributed by atoms with Crippen molar-refractivity contribution < 1.29 is 14.6 Å². The first-order chi connectivity index (χ1) is 6.56. The Morgan fingerprint density at radius 1 is 1.36 bits per heavy atom. The minimum atomic E-state index is -1.01. The molecule has 0 aliphatic rings. The first-order valence-corrected chi connectivity index (χ1v) is 5.84. The van der Waals surface area contributed by atoms with Crippen LogP contribution in [-0.2, 0) is 0 Å². The zero-order chi connectivity index (χ0) is 10.7. The zero-order valence-corrected chi connectivity index (χ0v) is 10.3. The fourth-order valence-corrected chi connectivity index (χ4v) is 1.75. The van der Waals surface area contributed by atoms with Gasteiger partial charge in [-0.1, -0.05) is 22.0 Å². The van der Waals surface area contributed by atoms with E-state index in [1.165, 1.54) is 18.2 Å². The molecule has 2 N–H and O–H groups in total. The van der Waals surface area contributed by atoms with Crippen molar-refractivity contribution in [3.8, 4) is 0 Å². The summed E-state index contributed by atoms with van der Waals surface area (Å²) in [7, 11) is 0. The Morgan fingerprint density at radius 2 is 2.00 bits per heavy atom. The van der Waals surface area contributed by atoms with Crippen molar-refractivity contribution >= 4 is 31.9 Å². The molecule has 2 atom stereocenters. The topological polar surface area (TPSA) is 40.5 Å². The highest BCUT2D eigenvalue weighted by Gasteiger charge is 2.17. The van der Waals surface area contributed by atoms with E-state index in [0.29, 0.717) is 5.56 Å². The van der Waals surface area contributed by atoms with Crippen LogP contribution in [0.4, 0.5) is 4.39 Å². The predicted molar refractivity (Wildman–Crippen MR) is 58.9 cm³/mol. The van der Waals surface area contributed by atoms with Gasteiger partial charge in [0, 0.05) is 5.33 Å². The van der Waals surface area contributed by atoms with E-state index >= 15 is 0 Å². The third kappa shape index (κ3) is 2.76. The molecule has 1 aromatic rings. The smallest absolute Gasteiger partial charge is 0.137 e. The van der Waals surface area contributed by atoms with Crippen molar-refractivity contribution in [2.24, 2.45) is 0 Å². The van der Waals surface area contributed by atoms with Gasteiger partial charge in [-0.05, 0) is 33.6 Å². The molecular weight excluding hydrogens is 319 g/mol. The van der Waals surface area contributed by atoms with E-state index in [2.05, 4.69) is 31.9 Å². The monoisotopic (exact) mass is 326 g/mol. The van der Waals surface area contributed by atoms with Crippen LogP contribution in [0.2, 0.25) is 0 Å². The van der Waals surface area contributed by atoms with Crippen molar-refractivity contribution in [1.82, 2.24) is 0 Å². The van der Waals surface area contributed by atoms with Gasteiger partial charge < -0.3 is 10.2 Å². The highest BCUT2D eigenvalue weighted by atomic mass is 79.9. The molecule has 0 saturated carbocycles. The minimum absolute atomic E-state index is 0.267. The number of alkyl halides is 1. The van der Waals surface area contributed by atoms with Crippen LogP contribution < -0.4 is 0 Å². The van der Waals surface area contributed by atoms with Crippen LogP contribution in [-0.4, -0.2) is 21.6 Å². The Labute approximate surface area is 98.0 Å². The molecule has 0 spiro atoms. The Morgan fingerprint density at radius 3 is 2.50 bits per heavy atom. The summed E-state index contributed by atoms with van der Waals surface area (Å²) >= 11 is 6.06. The summed E-state index contributed by atoms with van der Waals surface area (Å²) in [4.78, 5) is 0. The van der Waals surface area contributed by atoms with Gasteiger partial charge >= 0.3 is 0 Å². The lowest BCUT2D eigenvalue weighted by molar-refractivity contribution is 0.0342. The van der Waals surface area contributed by atoms with Gasteiger partial charge in [0.15, 0.2) is 0 Å². The van der Waals surface area contributed by atoms with Crippen molar-refractivity contribution in [3.63, 3.8) is 0 Å². The van der Waals surface area contributed by atoms with Crippen molar-refractivity contribution in [3.05, 3.63) is 34.1 Å². The quantitative estimate of drug-likeness (QED) is 0.837. The minimum Gasteiger partial charge on any atom is -0.389 e. The van der Waals surface area contributed by atoms with E-state index in [9.17, 15) is 14.6 Å². The van der Waals surface area contributed by atoms with Crippen molar-refractivity contribution in [2.75, 3.05) is 5.33 Å². The Hall–Kier alpha value is 0.0300. The van der Waals surface area contributed by atoms with Crippen molar-refractivity contribution in [2.45, 2.75) is 12.2 Å². The van der Waals surface area contributed by atoms with Gasteiger partial charge in [0.25, 0.3) is 0 Å². The molecule has 1 rings (SSSR count). The summed E-state index contributed by atoms with van der Waals surface area (Å²) in [5.41, 5.74) is 0.477. The molecule has 2 nitrogen and oxygen atoms in total. The van der Waals surface area contributed by atoms with Gasteiger partial charge in [0.05, 0.1) is 10.6 Å². The maximum absolute atomic E-state index is 12.8. The number of aliphatic hydroxyl groups excluding tert-OH is 2. The first-order valence-electron chi connectivity index (χ1n) is 3.93. The van der Waals surface area contributed by atoms with E-state index in [0.717, 1.165) is 0 Å². The fourth-order valence-electron chi connectivity index (χ4n) is 1.00. The summed E-state index contributed by atoms with van der Waals surface area (Å²) in [5, 5.41) is 19.2. The molecule has 0 fully saturated rings. The van der Waals surface area contributed by atoms with E-state index in [4.69, 9.17) is 0 Å². The first kappa shape index (κ1) is 12.1. The van der Waals surface area contributed by atoms with Crippen LogP contribution in [0.3, 0.4) is 0 Å². The van der Waals surface area contributed by atoms with Gasteiger partial charge in [-0.25, -0.2) is 4.39 Å². The summed E-state index contributed by atoms with van der Waals surface area (Å²) in [5.74, 6) is -0.394. The molecule has 0 heterocycles. The molecular formula is C9H9Br2FO2. The average Bonchev–Trinajstić information content (AvgIpc) is 2.20. The van der Waals surface area contributed by atoms with Gasteiger partial charge in [-0.2, -0.15) is 0 Å². The molecule has 0 aromatic heterocycles. The number of rotatable bonds is 3. The maximum Gasteiger partial charge on any atom is 0.137 e. The molecule has 78 valence electrons. The molecule has 14 heavy (non-hydrogen) atoms. The number of hydrogen-bond donors (Lipinski definition) is 2. The van der Waals surface area contributed by atoms with Gasteiger partial charge in [0.2, 0.25) is 0 Å². The Balaban J connectivity index is 2.91. The van der Waals surface area contributed by atoms with Crippen LogP contribution in [0.5, 0.6) is 0 Å². The van der Waals surface area contributed by atoms with Crippen LogP contribution >= 0.6 is 31.9 Å². The third-order valence-corrected chi connectivity index (χ3v) is 3.08. The summed E-state index contributed by atoms with van der Waals surface area (Å²) in [6.07, 6.45) is -1.90. The lowest BCUT2D eigenvalue weighted by atomic mass is 10.1. The second kappa shape index (κ2) is 5.21. The number of aliphatic hydroxyl groups is 2. The largest absolute Gasteiger partial charge is 0.389 e. The van der Waals surface area contributed by atoms with Crippen LogP contribution in [0.25, 0.3) is 0 Å². The van der Waals surface area contributed by atoms with Gasteiger partial charge in [-0.3, -0.25) is 0 Å². The standard InChI is InChI=1S/C9H9Br2FO2/c10-4-8(13)9(14)5-1-2-7(12)6(11)3-5/h1-3,8-9,13-14H,4H2. The molecule has 0 aliphatic heterocycles. The molecule has 0 radical (unpaired) electrons. The summed E-state index contributed by atoms with van der Waals surface area (Å²) < 4.78 is 13.1. The molecule has 1 aromatic carbocycles. The average molecular weight is 328 g/mol. The van der Waals surface area contributed by atoms with Crippen LogP contribution in [0.15, 0.2) is 22.7 Å². The third-order valence-electron chi connectivity index (χ3n) is 1.81. The number of halogens is 3. The van der Waals surface area contributed by atoms with E-state index in [1.54, 1.807) is 0 Å². The molecule has 5 heteroatoms. The summed E-state index contributed by atoms with van der Waals surface area (Å²) in [6.45, 7) is 0. The molecule has 0 bridgehead atoms. The normalized spacial score (nSPS) is 15.2. The SMILES string of the molecule is OC(CBr)C(O)c1ccc(F)c(Br)c1. The second-order valence-electron chi connectivity index (χ2n) is 2.84. The predicted octanol–water partition coefficient (Wildman–Crippen LogP) is 2.38. The Bertz CT molecular complexity index is 320. The lowest BCUT2D eigenvalue weighted by Crippen LogP contribution is -2.19. The lowest BCUT2D eigenvalue weighted by Gasteiger charge is -2.15. The molecule has 0 amide bonds. The maximum atomic E-state index is 12.8. The Kier molecular flexibility index (Phi) is 4.50.